The van der Waals surface area contributed by atoms with Crippen LogP contribution in [-0.2, 0) is 6.42 Å². The quantitative estimate of drug-likeness (QED) is 0.706. The van der Waals surface area contributed by atoms with Crippen molar-refractivity contribution in [1.82, 2.24) is 0 Å². The molecule has 1 aromatic rings. The molecule has 0 spiro atoms. The zero-order valence-electron chi connectivity index (χ0n) is 9.75. The molecule has 0 aliphatic rings. The van der Waals surface area contributed by atoms with E-state index in [1.54, 1.807) is 0 Å². The summed E-state index contributed by atoms with van der Waals surface area (Å²) in [6, 6.07) is 8.75. The number of benzene rings is 1. The van der Waals surface area contributed by atoms with E-state index in [0.29, 0.717) is 0 Å². The fraction of sp³-hybridized carbons (Fsp3) is 0.538. The van der Waals surface area contributed by atoms with Gasteiger partial charge in [-0.1, -0.05) is 19.1 Å². The average Bonchev–Trinajstić information content (AvgIpc) is 2.30. The molecule has 0 atom stereocenters. The Kier molecular flexibility index (Phi) is 6.33. The van der Waals surface area contributed by atoms with Crippen LogP contribution in [0.1, 0.15) is 25.3 Å². The van der Waals surface area contributed by atoms with E-state index in [2.05, 4.69) is 42.8 Å². The van der Waals surface area contributed by atoms with E-state index in [-0.39, 0.29) is 0 Å². The fourth-order valence-corrected chi connectivity index (χ4v) is 1.96. The van der Waals surface area contributed by atoms with Gasteiger partial charge in [0.2, 0.25) is 0 Å². The minimum absolute atomic E-state index is 1.09. The van der Waals surface area contributed by atoms with Crippen molar-refractivity contribution in [2.24, 2.45) is 0 Å². The van der Waals surface area contributed by atoms with Crippen LogP contribution in [0, 0.1) is 0 Å². The number of rotatable bonds is 7. The lowest BCUT2D eigenvalue weighted by Gasteiger charge is -2.06. The molecule has 0 radical (unpaired) electrons. The van der Waals surface area contributed by atoms with Gasteiger partial charge in [-0.25, -0.2) is 0 Å². The zero-order chi connectivity index (χ0) is 10.9. The van der Waals surface area contributed by atoms with E-state index in [4.69, 9.17) is 0 Å². The van der Waals surface area contributed by atoms with Crippen LogP contribution in [-0.4, -0.2) is 18.6 Å². The maximum Gasteiger partial charge on any atom is 0.0340 e. The number of nitrogens with one attached hydrogen (secondary N) is 1. The van der Waals surface area contributed by atoms with Gasteiger partial charge < -0.3 is 5.32 Å². The molecule has 1 rings (SSSR count). The van der Waals surface area contributed by atoms with Crippen LogP contribution in [0.4, 0.5) is 5.69 Å². The average molecular weight is 223 g/mol. The van der Waals surface area contributed by atoms with E-state index in [1.165, 1.54) is 29.8 Å². The molecule has 0 aromatic heterocycles. The van der Waals surface area contributed by atoms with Crippen molar-refractivity contribution in [1.29, 1.82) is 0 Å². The van der Waals surface area contributed by atoms with E-state index < -0.39 is 0 Å². The topological polar surface area (TPSA) is 12.0 Å². The molecule has 0 aliphatic carbocycles. The molecule has 0 heterocycles. The minimum Gasteiger partial charge on any atom is -0.385 e. The van der Waals surface area contributed by atoms with Gasteiger partial charge in [0.25, 0.3) is 0 Å². The monoisotopic (exact) mass is 223 g/mol. The van der Waals surface area contributed by atoms with Crippen LogP contribution in [0.5, 0.6) is 0 Å². The first-order chi connectivity index (χ1) is 7.36. The minimum atomic E-state index is 1.09. The normalized spacial score (nSPS) is 10.3. The van der Waals surface area contributed by atoms with Crippen LogP contribution >= 0.6 is 11.8 Å². The summed E-state index contributed by atoms with van der Waals surface area (Å²) in [5.41, 5.74) is 2.65. The molecule has 0 saturated carbocycles. The van der Waals surface area contributed by atoms with E-state index in [1.807, 2.05) is 11.8 Å². The molecular weight excluding hydrogens is 202 g/mol. The highest BCUT2D eigenvalue weighted by Crippen LogP contribution is 2.10. The van der Waals surface area contributed by atoms with Crippen molar-refractivity contribution in [2.75, 3.05) is 23.9 Å². The van der Waals surface area contributed by atoms with Crippen LogP contribution in [0.25, 0.3) is 0 Å². The molecule has 15 heavy (non-hydrogen) atoms. The lowest BCUT2D eigenvalue weighted by molar-refractivity contribution is 0.843. The molecule has 0 fully saturated rings. The first kappa shape index (κ1) is 12.4. The summed E-state index contributed by atoms with van der Waals surface area (Å²) < 4.78 is 0. The first-order valence-electron chi connectivity index (χ1n) is 5.68. The molecule has 0 amide bonds. The van der Waals surface area contributed by atoms with Gasteiger partial charge in [-0.05, 0) is 49.0 Å². The molecule has 2 heteroatoms. The van der Waals surface area contributed by atoms with Crippen molar-refractivity contribution in [3.63, 3.8) is 0 Å². The van der Waals surface area contributed by atoms with Crippen molar-refractivity contribution in [3.8, 4) is 0 Å². The van der Waals surface area contributed by atoms with Crippen LogP contribution in [0.3, 0.4) is 0 Å². The van der Waals surface area contributed by atoms with Crippen LogP contribution in [0.2, 0.25) is 0 Å². The Labute approximate surface area is 97.7 Å². The summed E-state index contributed by atoms with van der Waals surface area (Å²) in [5.74, 6) is 1.27. The number of anilines is 1. The number of aryl methyl sites for hydroxylation is 1. The maximum atomic E-state index is 3.45. The Bertz CT molecular complexity index is 256. The summed E-state index contributed by atoms with van der Waals surface area (Å²) in [6.07, 6.45) is 5.85. The van der Waals surface area contributed by atoms with E-state index >= 15 is 0 Å². The molecule has 1 nitrogen and oxygen atoms in total. The largest absolute Gasteiger partial charge is 0.385 e. The summed E-state index contributed by atoms with van der Waals surface area (Å²) in [5, 5.41) is 3.45. The van der Waals surface area contributed by atoms with Gasteiger partial charge >= 0.3 is 0 Å². The van der Waals surface area contributed by atoms with Crippen LogP contribution < -0.4 is 5.32 Å². The third-order valence-corrected chi connectivity index (χ3v) is 3.16. The third kappa shape index (κ3) is 5.12. The Morgan fingerprint density at radius 3 is 2.47 bits per heavy atom. The number of hydrogen-bond acceptors (Lipinski definition) is 2. The van der Waals surface area contributed by atoms with E-state index in [9.17, 15) is 0 Å². The summed E-state index contributed by atoms with van der Waals surface area (Å²) in [4.78, 5) is 0. The smallest absolute Gasteiger partial charge is 0.0340 e. The van der Waals surface area contributed by atoms with Crippen molar-refractivity contribution in [3.05, 3.63) is 29.8 Å². The van der Waals surface area contributed by atoms with Gasteiger partial charge in [0, 0.05) is 12.2 Å². The Balaban J connectivity index is 2.20. The second-order valence-corrected chi connectivity index (χ2v) is 4.66. The number of unbranched alkanes of at least 4 members (excludes halogenated alkanes) is 1. The molecule has 84 valence electrons. The Hall–Kier alpha value is -0.630. The molecule has 0 bridgehead atoms. The number of thioether (sulfide) groups is 1. The fourth-order valence-electron chi connectivity index (χ4n) is 1.46. The van der Waals surface area contributed by atoms with Gasteiger partial charge in [-0.2, -0.15) is 11.8 Å². The summed E-state index contributed by atoms with van der Waals surface area (Å²) in [6.45, 7) is 3.27. The maximum absolute atomic E-state index is 3.45. The molecule has 0 unspecified atom stereocenters. The predicted molar refractivity (Wildman–Crippen MR) is 71.9 cm³/mol. The summed E-state index contributed by atoms with van der Waals surface area (Å²) in [7, 11) is 0. The van der Waals surface area contributed by atoms with Crippen molar-refractivity contribution in [2.45, 2.75) is 26.2 Å². The van der Waals surface area contributed by atoms with Gasteiger partial charge in [-0.15, -0.1) is 0 Å². The highest BCUT2D eigenvalue weighted by atomic mass is 32.2. The van der Waals surface area contributed by atoms with Gasteiger partial charge in [0.15, 0.2) is 0 Å². The van der Waals surface area contributed by atoms with Gasteiger partial charge in [0.05, 0.1) is 0 Å². The first-order valence-corrected chi connectivity index (χ1v) is 7.08. The highest BCUT2D eigenvalue weighted by molar-refractivity contribution is 7.98. The molecule has 1 N–H and O–H groups in total. The van der Waals surface area contributed by atoms with Gasteiger partial charge in [-0.3, -0.25) is 0 Å². The second-order valence-electron chi connectivity index (χ2n) is 3.68. The molecule has 0 aliphatic heterocycles. The number of hydrogen-bond donors (Lipinski definition) is 1. The standard InChI is InChI=1S/C13H21NS/c1-3-12-6-8-13(9-7-12)14-10-4-5-11-15-2/h6-9,14H,3-5,10-11H2,1-2H3. The predicted octanol–water partition coefficient (Wildman–Crippen LogP) is 3.80. The lowest BCUT2D eigenvalue weighted by Crippen LogP contribution is -2.01. The molecule has 1 aromatic carbocycles. The second kappa shape index (κ2) is 7.63. The van der Waals surface area contributed by atoms with Crippen LogP contribution in [0.15, 0.2) is 24.3 Å². The SMILES string of the molecule is CCc1ccc(NCCCCSC)cc1. The van der Waals surface area contributed by atoms with Crippen molar-refractivity contribution >= 4 is 17.4 Å². The van der Waals surface area contributed by atoms with Crippen molar-refractivity contribution < 1.29 is 0 Å². The molecule has 0 saturated heterocycles. The Morgan fingerprint density at radius 2 is 1.87 bits per heavy atom. The highest BCUT2D eigenvalue weighted by Gasteiger charge is 1.92. The zero-order valence-corrected chi connectivity index (χ0v) is 10.6. The Morgan fingerprint density at radius 1 is 1.13 bits per heavy atom. The molecular formula is C13H21NS. The third-order valence-electron chi connectivity index (χ3n) is 2.47. The lowest BCUT2D eigenvalue weighted by atomic mass is 10.1. The van der Waals surface area contributed by atoms with Gasteiger partial charge in [0.1, 0.15) is 0 Å². The summed E-state index contributed by atoms with van der Waals surface area (Å²) >= 11 is 1.93. The van der Waals surface area contributed by atoms with E-state index in [0.717, 1.165) is 13.0 Å².